The van der Waals surface area contributed by atoms with E-state index in [9.17, 15) is 9.59 Å². The second-order valence-electron chi connectivity index (χ2n) is 4.19. The van der Waals surface area contributed by atoms with Crippen LogP contribution in [-0.2, 0) is 11.2 Å². The van der Waals surface area contributed by atoms with Crippen molar-refractivity contribution in [1.82, 2.24) is 5.32 Å². The lowest BCUT2D eigenvalue weighted by Crippen LogP contribution is -2.17. The lowest BCUT2D eigenvalue weighted by Gasteiger charge is -2.03. The number of furan rings is 1. The summed E-state index contributed by atoms with van der Waals surface area (Å²) < 4.78 is 5.37. The monoisotopic (exact) mass is 257 g/mol. The van der Waals surface area contributed by atoms with Crippen molar-refractivity contribution in [2.45, 2.75) is 12.8 Å². The van der Waals surface area contributed by atoms with Crippen LogP contribution in [0.5, 0.6) is 0 Å². The molecular weight excluding hydrogens is 242 g/mol. The van der Waals surface area contributed by atoms with Gasteiger partial charge in [0.25, 0.3) is 0 Å². The number of nitrogens with one attached hydrogen (secondary N) is 1. The van der Waals surface area contributed by atoms with Crippen LogP contribution in [-0.4, -0.2) is 19.2 Å². The van der Waals surface area contributed by atoms with Gasteiger partial charge in [0.2, 0.25) is 5.91 Å². The molecule has 0 saturated carbocycles. The van der Waals surface area contributed by atoms with Crippen LogP contribution < -0.4 is 5.32 Å². The summed E-state index contributed by atoms with van der Waals surface area (Å²) in [5, 5.41) is 2.60. The van der Waals surface area contributed by atoms with Gasteiger partial charge in [-0.05, 0) is 30.2 Å². The molecule has 4 nitrogen and oxygen atoms in total. The molecule has 0 aliphatic rings. The zero-order valence-corrected chi connectivity index (χ0v) is 10.7. The van der Waals surface area contributed by atoms with Crippen LogP contribution in [0.4, 0.5) is 0 Å². The lowest BCUT2D eigenvalue weighted by atomic mass is 10.0. The van der Waals surface area contributed by atoms with E-state index in [1.54, 1.807) is 19.2 Å². The molecule has 2 aromatic rings. The fourth-order valence-electron chi connectivity index (χ4n) is 1.83. The molecule has 0 fully saturated rings. The van der Waals surface area contributed by atoms with Crippen molar-refractivity contribution < 1.29 is 14.0 Å². The highest BCUT2D eigenvalue weighted by Crippen LogP contribution is 2.23. The molecule has 1 amide bonds. The number of hydrogen-bond acceptors (Lipinski definition) is 3. The normalized spacial score (nSPS) is 10.2. The van der Waals surface area contributed by atoms with Gasteiger partial charge in [-0.15, -0.1) is 0 Å². The molecule has 0 atom stereocenters. The van der Waals surface area contributed by atoms with E-state index >= 15 is 0 Å². The molecule has 1 aromatic carbocycles. The summed E-state index contributed by atoms with van der Waals surface area (Å²) in [6.07, 6.45) is 1.81. The summed E-state index contributed by atoms with van der Waals surface area (Å²) in [6, 6.07) is 11.2. The fraction of sp³-hybridized carbons (Fsp3) is 0.200. The van der Waals surface area contributed by atoms with Crippen LogP contribution in [0.25, 0.3) is 11.3 Å². The van der Waals surface area contributed by atoms with E-state index in [2.05, 4.69) is 5.32 Å². The molecule has 0 aliphatic heterocycles. The smallest absolute Gasteiger partial charge is 0.220 e. The van der Waals surface area contributed by atoms with Crippen LogP contribution in [0.15, 0.2) is 40.8 Å². The highest BCUT2D eigenvalue weighted by Gasteiger charge is 2.06. The van der Waals surface area contributed by atoms with Gasteiger partial charge in [0, 0.05) is 19.0 Å². The van der Waals surface area contributed by atoms with Gasteiger partial charge in [0.1, 0.15) is 5.76 Å². The molecule has 19 heavy (non-hydrogen) atoms. The first-order chi connectivity index (χ1) is 9.22. The quantitative estimate of drug-likeness (QED) is 0.837. The number of hydrogen-bond donors (Lipinski definition) is 1. The van der Waals surface area contributed by atoms with E-state index in [-0.39, 0.29) is 5.91 Å². The van der Waals surface area contributed by atoms with Crippen molar-refractivity contribution >= 4 is 12.2 Å². The van der Waals surface area contributed by atoms with E-state index in [1.807, 2.05) is 24.3 Å². The maximum absolute atomic E-state index is 11.2. The Morgan fingerprint density at radius 3 is 2.84 bits per heavy atom. The number of carbonyl (C=O) groups excluding carboxylic acids is 2. The van der Waals surface area contributed by atoms with E-state index in [0.29, 0.717) is 30.6 Å². The average molecular weight is 257 g/mol. The van der Waals surface area contributed by atoms with Gasteiger partial charge in [0.05, 0.1) is 0 Å². The Kier molecular flexibility index (Phi) is 4.13. The number of amides is 1. The lowest BCUT2D eigenvalue weighted by molar-refractivity contribution is -0.120. The highest BCUT2D eigenvalue weighted by atomic mass is 16.3. The Morgan fingerprint density at radius 1 is 1.32 bits per heavy atom. The van der Waals surface area contributed by atoms with Crippen molar-refractivity contribution in [2.24, 2.45) is 0 Å². The molecule has 1 heterocycles. The van der Waals surface area contributed by atoms with Crippen LogP contribution in [0.3, 0.4) is 0 Å². The maximum atomic E-state index is 11.2. The summed E-state index contributed by atoms with van der Waals surface area (Å²) >= 11 is 0. The Labute approximate surface area is 111 Å². The van der Waals surface area contributed by atoms with Crippen LogP contribution in [0.2, 0.25) is 0 Å². The molecule has 98 valence electrons. The Balaban J connectivity index is 2.14. The third-order valence-corrected chi connectivity index (χ3v) is 2.87. The molecule has 0 radical (unpaired) electrons. The minimum Gasteiger partial charge on any atom is -0.453 e. The fourth-order valence-corrected chi connectivity index (χ4v) is 1.83. The third-order valence-electron chi connectivity index (χ3n) is 2.87. The predicted octanol–water partition coefficient (Wildman–Crippen LogP) is 2.44. The van der Waals surface area contributed by atoms with E-state index in [0.717, 1.165) is 11.1 Å². The third kappa shape index (κ3) is 3.31. The number of rotatable bonds is 5. The van der Waals surface area contributed by atoms with Gasteiger partial charge < -0.3 is 9.73 Å². The Bertz CT molecular complexity index is 587. The van der Waals surface area contributed by atoms with Gasteiger partial charge >= 0.3 is 0 Å². The standard InChI is InChI=1S/C15H15NO3/c1-16-15(18)8-5-11-3-2-4-12(9-11)14-7-6-13(10-17)19-14/h2-4,6-7,9-10H,5,8H2,1H3,(H,16,18). The maximum Gasteiger partial charge on any atom is 0.220 e. The molecule has 1 aromatic heterocycles. The SMILES string of the molecule is CNC(=O)CCc1cccc(-c2ccc(C=O)o2)c1. The van der Waals surface area contributed by atoms with E-state index < -0.39 is 0 Å². The summed E-state index contributed by atoms with van der Waals surface area (Å²) in [5.74, 6) is 0.987. The van der Waals surface area contributed by atoms with Crippen molar-refractivity contribution in [3.05, 3.63) is 47.7 Å². The first-order valence-corrected chi connectivity index (χ1v) is 6.08. The number of benzene rings is 1. The van der Waals surface area contributed by atoms with Crippen molar-refractivity contribution in [1.29, 1.82) is 0 Å². The summed E-state index contributed by atoms with van der Waals surface area (Å²) in [4.78, 5) is 21.8. The number of aryl methyl sites for hydroxylation is 1. The first-order valence-electron chi connectivity index (χ1n) is 6.08. The van der Waals surface area contributed by atoms with E-state index in [4.69, 9.17) is 4.42 Å². The second kappa shape index (κ2) is 6.00. The predicted molar refractivity (Wildman–Crippen MR) is 71.9 cm³/mol. The molecule has 1 N–H and O–H groups in total. The van der Waals surface area contributed by atoms with Crippen molar-refractivity contribution in [2.75, 3.05) is 7.05 Å². The molecule has 0 aliphatic carbocycles. The van der Waals surface area contributed by atoms with Crippen molar-refractivity contribution in [3.63, 3.8) is 0 Å². The first kappa shape index (κ1) is 13.1. The number of aldehydes is 1. The molecule has 4 heteroatoms. The minimum atomic E-state index is 0.0200. The average Bonchev–Trinajstić information content (AvgIpc) is 2.94. The van der Waals surface area contributed by atoms with Gasteiger partial charge in [-0.1, -0.05) is 18.2 Å². The summed E-state index contributed by atoms with van der Waals surface area (Å²) in [7, 11) is 1.63. The molecule has 2 rings (SSSR count). The number of carbonyl (C=O) groups is 2. The Hall–Kier alpha value is -2.36. The van der Waals surface area contributed by atoms with Gasteiger partial charge in [-0.25, -0.2) is 0 Å². The van der Waals surface area contributed by atoms with Crippen LogP contribution in [0, 0.1) is 0 Å². The molecular formula is C15H15NO3. The minimum absolute atomic E-state index is 0.0200. The molecule has 0 saturated heterocycles. The van der Waals surface area contributed by atoms with E-state index in [1.165, 1.54) is 0 Å². The molecule has 0 bridgehead atoms. The zero-order valence-electron chi connectivity index (χ0n) is 10.7. The van der Waals surface area contributed by atoms with Gasteiger partial charge in [-0.2, -0.15) is 0 Å². The summed E-state index contributed by atoms with van der Waals surface area (Å²) in [6.45, 7) is 0. The molecule has 0 unspecified atom stereocenters. The van der Waals surface area contributed by atoms with Crippen LogP contribution in [0.1, 0.15) is 22.5 Å². The zero-order chi connectivity index (χ0) is 13.7. The molecule has 0 spiro atoms. The Morgan fingerprint density at radius 2 is 2.16 bits per heavy atom. The van der Waals surface area contributed by atoms with Crippen LogP contribution >= 0.6 is 0 Å². The largest absolute Gasteiger partial charge is 0.453 e. The summed E-state index contributed by atoms with van der Waals surface area (Å²) in [5.41, 5.74) is 1.97. The highest BCUT2D eigenvalue weighted by molar-refractivity contribution is 5.76. The topological polar surface area (TPSA) is 59.3 Å². The van der Waals surface area contributed by atoms with Crippen molar-refractivity contribution in [3.8, 4) is 11.3 Å². The second-order valence-corrected chi connectivity index (χ2v) is 4.19. The van der Waals surface area contributed by atoms with Gasteiger partial charge in [-0.3, -0.25) is 9.59 Å². The van der Waals surface area contributed by atoms with Gasteiger partial charge in [0.15, 0.2) is 12.0 Å².